The van der Waals surface area contributed by atoms with Crippen molar-refractivity contribution in [3.05, 3.63) is 114 Å². The van der Waals surface area contributed by atoms with Crippen LogP contribution < -0.4 is 15.5 Å². The predicted molar refractivity (Wildman–Crippen MR) is 177 cm³/mol. The smallest absolute Gasteiger partial charge is 0.407 e. The van der Waals surface area contributed by atoms with E-state index in [9.17, 15) is 19.5 Å². The number of fused-ring (bicyclic) bond motifs is 3. The lowest BCUT2D eigenvalue weighted by molar-refractivity contribution is -0.139. The Morgan fingerprint density at radius 3 is 1.93 bits per heavy atom. The van der Waals surface area contributed by atoms with Crippen LogP contribution in [-0.4, -0.2) is 56.4 Å². The summed E-state index contributed by atoms with van der Waals surface area (Å²) in [6.45, 7) is 0.466. The molecule has 5 rings (SSSR count). The molecule has 3 N–H and O–H groups in total. The summed E-state index contributed by atoms with van der Waals surface area (Å²) >= 11 is 0. The van der Waals surface area contributed by atoms with Gasteiger partial charge in [0.05, 0.1) is 11.4 Å². The highest BCUT2D eigenvalue weighted by Gasteiger charge is 2.29. The second-order valence-electron chi connectivity index (χ2n) is 11.3. The minimum Gasteiger partial charge on any atom is -0.480 e. The number of ether oxygens (including phenoxy) is 1. The molecule has 46 heavy (non-hydrogen) atoms. The maximum atomic E-state index is 12.6. The first-order valence-corrected chi connectivity index (χ1v) is 15.2. The predicted octanol–water partition coefficient (Wildman–Crippen LogP) is 7.06. The zero-order valence-electron chi connectivity index (χ0n) is 25.8. The monoisotopic (exact) mass is 619 g/mol. The number of carbonyl (C=O) groups is 3. The standard InChI is InChI=1S/C36H37N5O5/c1-41(2)27-20-18-26(19-21-27)40-39-25-16-14-24(15-17-25)34(42)37-22-8-7-13-33(35(43)44)38-36(45)46-23-32-30-11-5-3-9-28(30)29-10-4-6-12-31(29)32/h3-6,9-12,14-21,32-33H,7-8,13,22-23H2,1-2H3,(H,37,42)(H,38,45)(H,43,44)/t33-/m1/s1. The van der Waals surface area contributed by atoms with Crippen molar-refractivity contribution in [2.45, 2.75) is 31.2 Å². The van der Waals surface area contributed by atoms with Gasteiger partial charge in [-0.25, -0.2) is 9.59 Å². The third-order valence-corrected chi connectivity index (χ3v) is 7.92. The van der Waals surface area contributed by atoms with Gasteiger partial charge in [-0.05, 0) is 90.0 Å². The number of aliphatic carboxylic acids is 1. The number of nitrogens with zero attached hydrogens (tertiary/aromatic N) is 3. The number of benzene rings is 4. The van der Waals surface area contributed by atoms with E-state index in [4.69, 9.17) is 4.74 Å². The molecular formula is C36H37N5O5. The summed E-state index contributed by atoms with van der Waals surface area (Å²) in [6, 6.07) is 29.4. The first-order chi connectivity index (χ1) is 22.3. The molecule has 10 nitrogen and oxygen atoms in total. The van der Waals surface area contributed by atoms with Gasteiger partial charge in [0.15, 0.2) is 0 Å². The van der Waals surface area contributed by atoms with Crippen LogP contribution in [-0.2, 0) is 9.53 Å². The molecule has 4 aromatic carbocycles. The molecule has 10 heteroatoms. The summed E-state index contributed by atoms with van der Waals surface area (Å²) < 4.78 is 5.50. The molecular weight excluding hydrogens is 582 g/mol. The van der Waals surface area contributed by atoms with Crippen molar-refractivity contribution < 1.29 is 24.2 Å². The number of alkyl carbamates (subject to hydrolysis) is 1. The number of carboxylic acid groups (broad SMARTS) is 1. The van der Waals surface area contributed by atoms with Crippen LogP contribution in [0.1, 0.15) is 46.7 Å². The van der Waals surface area contributed by atoms with E-state index in [1.807, 2.05) is 91.8 Å². The van der Waals surface area contributed by atoms with Crippen molar-refractivity contribution in [1.82, 2.24) is 10.6 Å². The van der Waals surface area contributed by atoms with E-state index in [0.29, 0.717) is 30.6 Å². The van der Waals surface area contributed by atoms with Gasteiger partial charge in [0.25, 0.3) is 5.91 Å². The number of unbranched alkanes of at least 4 members (excludes halogenated alkanes) is 1. The maximum Gasteiger partial charge on any atom is 0.407 e. The molecule has 0 radical (unpaired) electrons. The van der Waals surface area contributed by atoms with Crippen molar-refractivity contribution in [2.75, 3.05) is 32.1 Å². The normalized spacial score (nSPS) is 12.7. The van der Waals surface area contributed by atoms with E-state index in [2.05, 4.69) is 20.9 Å². The maximum absolute atomic E-state index is 12.6. The fraction of sp³-hybridized carbons (Fsp3) is 0.250. The zero-order valence-corrected chi connectivity index (χ0v) is 25.8. The van der Waals surface area contributed by atoms with Gasteiger partial charge in [-0.15, -0.1) is 0 Å². The third-order valence-electron chi connectivity index (χ3n) is 7.92. The molecule has 4 aromatic rings. The average molecular weight is 620 g/mol. The highest BCUT2D eigenvalue weighted by atomic mass is 16.5. The Kier molecular flexibility index (Phi) is 10.4. The van der Waals surface area contributed by atoms with Crippen LogP contribution in [0.5, 0.6) is 0 Å². The van der Waals surface area contributed by atoms with Crippen molar-refractivity contribution in [1.29, 1.82) is 0 Å². The Balaban J connectivity index is 1.03. The van der Waals surface area contributed by atoms with Crippen LogP contribution in [0, 0.1) is 0 Å². The van der Waals surface area contributed by atoms with Crippen molar-refractivity contribution >= 4 is 35.0 Å². The molecule has 0 aromatic heterocycles. The van der Waals surface area contributed by atoms with Gasteiger partial charge in [-0.1, -0.05) is 48.5 Å². The SMILES string of the molecule is CN(C)c1ccc(N=Nc2ccc(C(=O)NCCCC[C@@H](NC(=O)OCC3c4ccccc4-c4ccccc43)C(=O)O)cc2)cc1. The number of nitrogens with one attached hydrogen (secondary N) is 2. The van der Waals surface area contributed by atoms with Gasteiger partial charge in [0, 0.05) is 37.8 Å². The molecule has 236 valence electrons. The lowest BCUT2D eigenvalue weighted by Gasteiger charge is -2.17. The molecule has 1 aliphatic carbocycles. The summed E-state index contributed by atoms with van der Waals surface area (Å²) in [5.41, 5.74) is 7.29. The Morgan fingerprint density at radius 1 is 0.804 bits per heavy atom. The number of rotatable bonds is 13. The number of azo groups is 1. The molecule has 0 heterocycles. The summed E-state index contributed by atoms with van der Waals surface area (Å²) in [7, 11) is 3.94. The second-order valence-corrected chi connectivity index (χ2v) is 11.3. The van der Waals surface area contributed by atoms with Gasteiger partial charge in [0.2, 0.25) is 0 Å². The number of hydrogen-bond acceptors (Lipinski definition) is 7. The highest BCUT2D eigenvalue weighted by Crippen LogP contribution is 2.44. The summed E-state index contributed by atoms with van der Waals surface area (Å²) in [4.78, 5) is 39.0. The summed E-state index contributed by atoms with van der Waals surface area (Å²) in [5, 5.41) is 23.5. The largest absolute Gasteiger partial charge is 0.480 e. The molecule has 0 aliphatic heterocycles. The highest BCUT2D eigenvalue weighted by molar-refractivity contribution is 5.94. The number of anilines is 1. The first-order valence-electron chi connectivity index (χ1n) is 15.2. The number of hydrogen-bond donors (Lipinski definition) is 3. The fourth-order valence-electron chi connectivity index (χ4n) is 5.43. The average Bonchev–Trinajstić information content (AvgIpc) is 3.39. The van der Waals surface area contributed by atoms with E-state index in [1.165, 1.54) is 0 Å². The van der Waals surface area contributed by atoms with E-state index in [-0.39, 0.29) is 24.9 Å². The Labute approximate surface area is 268 Å². The summed E-state index contributed by atoms with van der Waals surface area (Å²) in [5.74, 6) is -1.49. The van der Waals surface area contributed by atoms with E-state index >= 15 is 0 Å². The molecule has 0 saturated heterocycles. The van der Waals surface area contributed by atoms with E-state index in [1.54, 1.807) is 24.3 Å². The Morgan fingerprint density at radius 2 is 1.37 bits per heavy atom. The molecule has 0 fully saturated rings. The van der Waals surface area contributed by atoms with Crippen LogP contribution in [0.4, 0.5) is 21.9 Å². The van der Waals surface area contributed by atoms with Gasteiger partial charge in [-0.3, -0.25) is 4.79 Å². The van der Waals surface area contributed by atoms with Crippen molar-refractivity contribution in [3.8, 4) is 11.1 Å². The number of carbonyl (C=O) groups excluding carboxylic acids is 2. The van der Waals surface area contributed by atoms with Crippen molar-refractivity contribution in [2.24, 2.45) is 10.2 Å². The minimum atomic E-state index is -1.14. The second kappa shape index (κ2) is 15.0. The number of amides is 2. The van der Waals surface area contributed by atoms with Crippen LogP contribution in [0.2, 0.25) is 0 Å². The van der Waals surface area contributed by atoms with E-state index < -0.39 is 18.1 Å². The molecule has 0 unspecified atom stereocenters. The number of carboxylic acids is 1. The van der Waals surface area contributed by atoms with Crippen LogP contribution in [0.25, 0.3) is 11.1 Å². The molecule has 0 bridgehead atoms. The van der Waals surface area contributed by atoms with Crippen LogP contribution in [0.3, 0.4) is 0 Å². The fourth-order valence-corrected chi connectivity index (χ4v) is 5.43. The lowest BCUT2D eigenvalue weighted by atomic mass is 9.98. The molecule has 0 spiro atoms. The Bertz CT molecular complexity index is 1660. The van der Waals surface area contributed by atoms with Gasteiger partial charge >= 0.3 is 12.1 Å². The van der Waals surface area contributed by atoms with Gasteiger partial charge in [0.1, 0.15) is 12.6 Å². The third kappa shape index (κ3) is 7.95. The molecule has 0 saturated carbocycles. The molecule has 1 aliphatic rings. The zero-order chi connectivity index (χ0) is 32.5. The summed E-state index contributed by atoms with van der Waals surface area (Å²) in [6.07, 6.45) is 0.455. The first kappa shape index (κ1) is 31.9. The molecule has 2 amide bonds. The van der Waals surface area contributed by atoms with Crippen LogP contribution >= 0.6 is 0 Å². The molecule has 1 atom stereocenters. The quantitative estimate of drug-likeness (QED) is 0.108. The van der Waals surface area contributed by atoms with Gasteiger partial charge in [-0.2, -0.15) is 10.2 Å². The minimum absolute atomic E-state index is 0.104. The Hall–Kier alpha value is -5.51. The lowest BCUT2D eigenvalue weighted by Crippen LogP contribution is -2.41. The van der Waals surface area contributed by atoms with Crippen LogP contribution in [0.15, 0.2) is 107 Å². The topological polar surface area (TPSA) is 133 Å². The van der Waals surface area contributed by atoms with E-state index in [0.717, 1.165) is 33.6 Å². The van der Waals surface area contributed by atoms with Crippen molar-refractivity contribution in [3.63, 3.8) is 0 Å². The van der Waals surface area contributed by atoms with Gasteiger partial charge < -0.3 is 25.4 Å².